The van der Waals surface area contributed by atoms with Crippen LogP contribution in [0.4, 0.5) is 0 Å². The van der Waals surface area contributed by atoms with Crippen LogP contribution in [0.2, 0.25) is 0 Å². The summed E-state index contributed by atoms with van der Waals surface area (Å²) in [7, 11) is 0. The number of rotatable bonds is 7. The molecule has 3 heteroatoms. The quantitative estimate of drug-likeness (QED) is 0.757. The van der Waals surface area contributed by atoms with E-state index in [1.54, 1.807) is 0 Å². The molecule has 20 heavy (non-hydrogen) atoms. The van der Waals surface area contributed by atoms with Crippen LogP contribution in [0, 0.1) is 5.41 Å². The Labute approximate surface area is 123 Å². The van der Waals surface area contributed by atoms with E-state index in [-0.39, 0.29) is 0 Å². The van der Waals surface area contributed by atoms with E-state index >= 15 is 0 Å². The minimum atomic E-state index is 0.412. The Kier molecular flexibility index (Phi) is 5.67. The van der Waals surface area contributed by atoms with Crippen molar-refractivity contribution in [2.45, 2.75) is 72.1 Å². The number of ether oxygens (including phenoxy) is 1. The lowest BCUT2D eigenvalue weighted by Crippen LogP contribution is -2.26. The van der Waals surface area contributed by atoms with Crippen molar-refractivity contribution in [2.24, 2.45) is 5.41 Å². The summed E-state index contributed by atoms with van der Waals surface area (Å²) < 4.78 is 11.5. The molecule has 2 rings (SSSR count). The molecule has 0 radical (unpaired) electrons. The predicted molar refractivity (Wildman–Crippen MR) is 81.5 cm³/mol. The summed E-state index contributed by atoms with van der Waals surface area (Å²) in [5.74, 6) is 0.947. The van der Waals surface area contributed by atoms with Gasteiger partial charge < -0.3 is 14.5 Å². The van der Waals surface area contributed by atoms with E-state index in [4.69, 9.17) is 9.15 Å². The summed E-state index contributed by atoms with van der Waals surface area (Å²) in [5.41, 5.74) is 1.71. The topological polar surface area (TPSA) is 34.4 Å². The summed E-state index contributed by atoms with van der Waals surface area (Å²) in [5, 5.41) is 3.38. The Morgan fingerprint density at radius 2 is 2.10 bits per heavy atom. The van der Waals surface area contributed by atoms with Crippen molar-refractivity contribution in [1.29, 1.82) is 0 Å². The zero-order valence-electron chi connectivity index (χ0n) is 13.2. The molecule has 114 valence electrons. The molecule has 3 nitrogen and oxygen atoms in total. The molecule has 0 amide bonds. The van der Waals surface area contributed by atoms with E-state index in [9.17, 15) is 0 Å². The van der Waals surface area contributed by atoms with Gasteiger partial charge in [0.25, 0.3) is 0 Å². The third-order valence-electron chi connectivity index (χ3n) is 4.21. The lowest BCUT2D eigenvalue weighted by atomic mass is 9.76. The average molecular weight is 279 g/mol. The molecule has 0 spiro atoms. The lowest BCUT2D eigenvalue weighted by Gasteiger charge is -2.33. The van der Waals surface area contributed by atoms with Gasteiger partial charge in [-0.25, -0.2) is 0 Å². The molecule has 0 unspecified atom stereocenters. The largest absolute Gasteiger partial charge is 0.467 e. The molecule has 1 heterocycles. The molecule has 1 aromatic heterocycles. The Bertz CT molecular complexity index is 387. The van der Waals surface area contributed by atoms with Gasteiger partial charge in [-0.15, -0.1) is 0 Å². The second-order valence-corrected chi connectivity index (χ2v) is 6.77. The minimum absolute atomic E-state index is 0.412. The van der Waals surface area contributed by atoms with Crippen molar-refractivity contribution in [3.05, 3.63) is 23.7 Å². The first-order valence-electron chi connectivity index (χ1n) is 7.98. The number of nitrogens with one attached hydrogen (secondary N) is 1. The Hall–Kier alpha value is -0.800. The van der Waals surface area contributed by atoms with Crippen LogP contribution in [0.1, 0.15) is 64.2 Å². The first-order valence-corrected chi connectivity index (χ1v) is 7.98. The summed E-state index contributed by atoms with van der Waals surface area (Å²) in [6.07, 6.45) is 8.30. The Balaban J connectivity index is 1.69. The summed E-state index contributed by atoms with van der Waals surface area (Å²) in [6.45, 7) is 9.42. The average Bonchev–Trinajstić information content (AvgIpc) is 2.86. The third-order valence-corrected chi connectivity index (χ3v) is 4.21. The standard InChI is InChI=1S/C17H29NO2/c1-4-9-18-11-14-10-16(19-12-14)13-20-15-5-7-17(2,3)8-6-15/h10,12,15,18H,4-9,11,13H2,1-3H3. The fourth-order valence-electron chi connectivity index (χ4n) is 2.74. The first kappa shape index (κ1) is 15.6. The van der Waals surface area contributed by atoms with Gasteiger partial charge >= 0.3 is 0 Å². The third kappa shape index (κ3) is 4.95. The predicted octanol–water partition coefficient (Wildman–Crippen LogP) is 4.26. The van der Waals surface area contributed by atoms with Crippen LogP contribution in [0.3, 0.4) is 0 Å². The minimum Gasteiger partial charge on any atom is -0.467 e. The van der Waals surface area contributed by atoms with E-state index in [1.807, 2.05) is 6.26 Å². The fraction of sp³-hybridized carbons (Fsp3) is 0.765. The molecule has 0 aromatic carbocycles. The summed E-state index contributed by atoms with van der Waals surface area (Å²) >= 11 is 0. The van der Waals surface area contributed by atoms with E-state index in [1.165, 1.54) is 31.2 Å². The van der Waals surface area contributed by atoms with Gasteiger partial charge in [0.15, 0.2) is 0 Å². The Morgan fingerprint density at radius 1 is 1.35 bits per heavy atom. The van der Waals surface area contributed by atoms with Crippen LogP contribution in [0.5, 0.6) is 0 Å². The molecule has 1 N–H and O–H groups in total. The molecular weight excluding hydrogens is 250 g/mol. The molecule has 0 bridgehead atoms. The number of hydrogen-bond acceptors (Lipinski definition) is 3. The van der Waals surface area contributed by atoms with Gasteiger partial charge in [0.2, 0.25) is 0 Å². The van der Waals surface area contributed by atoms with Crippen LogP contribution in [0.25, 0.3) is 0 Å². The molecule has 1 saturated carbocycles. The van der Waals surface area contributed by atoms with Crippen molar-refractivity contribution in [1.82, 2.24) is 5.32 Å². The van der Waals surface area contributed by atoms with Gasteiger partial charge in [0.05, 0.1) is 12.4 Å². The molecule has 0 saturated heterocycles. The molecule has 1 aromatic rings. The molecule has 1 aliphatic carbocycles. The maximum atomic E-state index is 5.99. The Morgan fingerprint density at radius 3 is 2.80 bits per heavy atom. The van der Waals surface area contributed by atoms with E-state index in [0.29, 0.717) is 18.1 Å². The van der Waals surface area contributed by atoms with Crippen molar-refractivity contribution >= 4 is 0 Å². The van der Waals surface area contributed by atoms with Crippen LogP contribution in [-0.4, -0.2) is 12.6 Å². The molecule has 1 aliphatic rings. The van der Waals surface area contributed by atoms with E-state index in [0.717, 1.165) is 25.3 Å². The van der Waals surface area contributed by atoms with Gasteiger partial charge in [0.1, 0.15) is 12.4 Å². The van der Waals surface area contributed by atoms with Crippen LogP contribution < -0.4 is 5.32 Å². The second-order valence-electron chi connectivity index (χ2n) is 6.77. The van der Waals surface area contributed by atoms with E-state index in [2.05, 4.69) is 32.2 Å². The zero-order chi connectivity index (χ0) is 14.4. The molecule has 0 atom stereocenters. The molecular formula is C17H29NO2. The smallest absolute Gasteiger partial charge is 0.129 e. The highest BCUT2D eigenvalue weighted by Crippen LogP contribution is 2.36. The number of hydrogen-bond donors (Lipinski definition) is 1. The number of furan rings is 1. The van der Waals surface area contributed by atoms with Crippen LogP contribution >= 0.6 is 0 Å². The maximum Gasteiger partial charge on any atom is 0.129 e. The second kappa shape index (κ2) is 7.28. The van der Waals surface area contributed by atoms with Gasteiger partial charge in [-0.1, -0.05) is 20.8 Å². The van der Waals surface area contributed by atoms with Crippen molar-refractivity contribution in [3.63, 3.8) is 0 Å². The molecule has 1 fully saturated rings. The fourth-order valence-corrected chi connectivity index (χ4v) is 2.74. The van der Waals surface area contributed by atoms with Gasteiger partial charge in [-0.05, 0) is 50.1 Å². The van der Waals surface area contributed by atoms with Crippen molar-refractivity contribution in [2.75, 3.05) is 6.54 Å². The normalized spacial score (nSPS) is 19.4. The van der Waals surface area contributed by atoms with E-state index < -0.39 is 0 Å². The first-order chi connectivity index (χ1) is 9.59. The summed E-state index contributed by atoms with van der Waals surface area (Å²) in [4.78, 5) is 0. The maximum absolute atomic E-state index is 5.99. The van der Waals surface area contributed by atoms with Gasteiger partial charge in [-0.3, -0.25) is 0 Å². The monoisotopic (exact) mass is 279 g/mol. The van der Waals surface area contributed by atoms with Crippen LogP contribution in [-0.2, 0) is 17.9 Å². The summed E-state index contributed by atoms with van der Waals surface area (Å²) in [6, 6.07) is 2.11. The highest BCUT2D eigenvalue weighted by molar-refractivity contribution is 5.12. The lowest BCUT2D eigenvalue weighted by molar-refractivity contribution is -0.0120. The van der Waals surface area contributed by atoms with Gasteiger partial charge in [0, 0.05) is 12.1 Å². The van der Waals surface area contributed by atoms with Crippen LogP contribution in [0.15, 0.2) is 16.7 Å². The van der Waals surface area contributed by atoms with Crippen molar-refractivity contribution in [3.8, 4) is 0 Å². The highest BCUT2D eigenvalue weighted by atomic mass is 16.5. The molecule has 0 aliphatic heterocycles. The van der Waals surface area contributed by atoms with Crippen molar-refractivity contribution < 1.29 is 9.15 Å². The highest BCUT2D eigenvalue weighted by Gasteiger charge is 2.27. The SMILES string of the molecule is CCCNCc1coc(COC2CCC(C)(C)CC2)c1. The van der Waals surface area contributed by atoms with Gasteiger partial charge in [-0.2, -0.15) is 0 Å². The zero-order valence-corrected chi connectivity index (χ0v) is 13.2.